The number of aryl methyl sites for hydroxylation is 1. The zero-order valence-corrected chi connectivity index (χ0v) is 21.7. The lowest BCUT2D eigenvalue weighted by Crippen LogP contribution is -2.19. The molecule has 1 heterocycles. The normalized spacial score (nSPS) is 15.5. The summed E-state index contributed by atoms with van der Waals surface area (Å²) in [7, 11) is 0. The van der Waals surface area contributed by atoms with Crippen molar-refractivity contribution in [2.24, 2.45) is 4.99 Å². The first-order valence-corrected chi connectivity index (χ1v) is 12.8. The first-order valence-electron chi connectivity index (χ1n) is 11.2. The number of nitrogens with zero attached hydrogens (tertiary/aromatic N) is 1. The number of carbonyl (C=O) groups excluding carboxylic acids is 1. The number of hydrogen-bond donors (Lipinski definition) is 1. The lowest BCUT2D eigenvalue weighted by atomic mass is 10.1. The Hall–Kier alpha value is -3.10. The van der Waals surface area contributed by atoms with E-state index in [0.29, 0.717) is 32.7 Å². The molecule has 0 atom stereocenters. The van der Waals surface area contributed by atoms with Crippen LogP contribution in [0.15, 0.2) is 75.0 Å². The molecule has 1 amide bonds. The van der Waals surface area contributed by atoms with Crippen molar-refractivity contribution in [2.75, 3.05) is 6.61 Å². The number of hydrogen-bond acceptors (Lipinski definition) is 5. The van der Waals surface area contributed by atoms with Crippen LogP contribution in [0.5, 0.6) is 11.5 Å². The van der Waals surface area contributed by atoms with Crippen molar-refractivity contribution in [3.05, 3.63) is 92.5 Å². The van der Waals surface area contributed by atoms with Gasteiger partial charge in [-0.15, -0.1) is 0 Å². The van der Waals surface area contributed by atoms with E-state index >= 15 is 0 Å². The van der Waals surface area contributed by atoms with Gasteiger partial charge in [0.2, 0.25) is 0 Å². The van der Waals surface area contributed by atoms with Crippen LogP contribution in [0.25, 0.3) is 6.08 Å². The summed E-state index contributed by atoms with van der Waals surface area (Å²) in [5, 5.41) is 3.36. The van der Waals surface area contributed by atoms with Gasteiger partial charge in [-0.25, -0.2) is 9.38 Å². The van der Waals surface area contributed by atoms with E-state index in [-0.39, 0.29) is 18.3 Å². The fourth-order valence-electron chi connectivity index (χ4n) is 3.37. The zero-order chi connectivity index (χ0) is 24.8. The quantitative estimate of drug-likeness (QED) is 0.304. The standard InChI is InChI=1S/C27H24BrFN2O3S/c1-3-17-7-11-21(12-8-17)30-27-31-26(32)24(35-27)15-19-13-22(28)25(23(14-19)33-4-2)34-16-18-5-9-20(29)10-6-18/h5-15H,3-4,16H2,1-2H3,(H,30,31,32)/b24-15-. The van der Waals surface area contributed by atoms with Gasteiger partial charge >= 0.3 is 0 Å². The number of ether oxygens (including phenoxy) is 2. The molecule has 180 valence electrons. The molecule has 3 aromatic rings. The maximum atomic E-state index is 13.2. The van der Waals surface area contributed by atoms with E-state index in [1.54, 1.807) is 18.2 Å². The highest BCUT2D eigenvalue weighted by Crippen LogP contribution is 2.39. The SMILES string of the molecule is CCOc1cc(/C=C2\SC(=Nc3ccc(CC)cc3)NC2=O)cc(Br)c1OCc1ccc(F)cc1. The van der Waals surface area contributed by atoms with Crippen LogP contribution in [0.4, 0.5) is 10.1 Å². The average Bonchev–Trinajstić information content (AvgIpc) is 3.18. The molecule has 0 aromatic heterocycles. The molecule has 0 radical (unpaired) electrons. The Labute approximate surface area is 216 Å². The summed E-state index contributed by atoms with van der Waals surface area (Å²) in [4.78, 5) is 17.6. The summed E-state index contributed by atoms with van der Waals surface area (Å²) < 4.78 is 25.6. The number of halogens is 2. The second kappa shape index (κ2) is 11.6. The van der Waals surface area contributed by atoms with Crippen LogP contribution < -0.4 is 14.8 Å². The van der Waals surface area contributed by atoms with Crippen LogP contribution in [-0.2, 0) is 17.8 Å². The lowest BCUT2D eigenvalue weighted by Gasteiger charge is -2.15. The fourth-order valence-corrected chi connectivity index (χ4v) is 4.78. The first kappa shape index (κ1) is 25.0. The molecule has 8 heteroatoms. The van der Waals surface area contributed by atoms with Gasteiger partial charge in [-0.3, -0.25) is 4.79 Å². The zero-order valence-electron chi connectivity index (χ0n) is 19.3. The number of benzene rings is 3. The Kier molecular flexibility index (Phi) is 8.25. The predicted molar refractivity (Wildman–Crippen MR) is 143 cm³/mol. The van der Waals surface area contributed by atoms with Crippen LogP contribution in [0.3, 0.4) is 0 Å². The third kappa shape index (κ3) is 6.52. The Morgan fingerprint density at radius 3 is 2.43 bits per heavy atom. The van der Waals surface area contributed by atoms with E-state index < -0.39 is 0 Å². The molecular weight excluding hydrogens is 531 g/mol. The Morgan fingerprint density at radius 1 is 1.03 bits per heavy atom. The van der Waals surface area contributed by atoms with Crippen molar-refractivity contribution in [1.82, 2.24) is 5.32 Å². The molecule has 4 rings (SSSR count). The molecule has 1 fully saturated rings. The molecule has 0 saturated carbocycles. The Balaban J connectivity index is 1.53. The molecule has 3 aromatic carbocycles. The van der Waals surface area contributed by atoms with E-state index in [2.05, 4.69) is 33.2 Å². The summed E-state index contributed by atoms with van der Waals surface area (Å²) in [5.41, 5.74) is 3.64. The number of nitrogens with one attached hydrogen (secondary N) is 1. The molecule has 1 aliphatic rings. The Bertz CT molecular complexity index is 1270. The molecule has 0 bridgehead atoms. The van der Waals surface area contributed by atoms with E-state index in [4.69, 9.17) is 9.47 Å². The van der Waals surface area contributed by atoms with Crippen LogP contribution in [0.2, 0.25) is 0 Å². The maximum Gasteiger partial charge on any atom is 0.264 e. The van der Waals surface area contributed by atoms with Gasteiger partial charge in [0.25, 0.3) is 5.91 Å². The van der Waals surface area contributed by atoms with Crippen LogP contribution in [-0.4, -0.2) is 17.7 Å². The van der Waals surface area contributed by atoms with Crippen LogP contribution in [0, 0.1) is 5.82 Å². The monoisotopic (exact) mass is 554 g/mol. The molecular formula is C27H24BrFN2O3S. The summed E-state index contributed by atoms with van der Waals surface area (Å²) in [6.07, 6.45) is 2.75. The lowest BCUT2D eigenvalue weighted by molar-refractivity contribution is -0.115. The number of amidine groups is 1. The molecule has 1 saturated heterocycles. The number of carbonyl (C=O) groups is 1. The summed E-state index contributed by atoms with van der Waals surface area (Å²) in [6, 6.07) is 17.8. The molecule has 35 heavy (non-hydrogen) atoms. The molecule has 5 nitrogen and oxygen atoms in total. The van der Waals surface area contributed by atoms with Crippen molar-refractivity contribution < 1.29 is 18.7 Å². The maximum absolute atomic E-state index is 13.2. The van der Waals surface area contributed by atoms with Crippen LogP contribution >= 0.6 is 27.7 Å². The van der Waals surface area contributed by atoms with E-state index in [9.17, 15) is 9.18 Å². The van der Waals surface area contributed by atoms with Gasteiger partial charge in [-0.1, -0.05) is 31.2 Å². The second-order valence-electron chi connectivity index (χ2n) is 7.68. The minimum absolute atomic E-state index is 0.204. The van der Waals surface area contributed by atoms with E-state index in [1.165, 1.54) is 29.5 Å². The highest BCUT2D eigenvalue weighted by atomic mass is 79.9. The van der Waals surface area contributed by atoms with E-state index in [1.807, 2.05) is 43.3 Å². The van der Waals surface area contributed by atoms with Crippen molar-refractivity contribution >= 4 is 50.5 Å². The highest BCUT2D eigenvalue weighted by molar-refractivity contribution is 9.10. The van der Waals surface area contributed by atoms with Crippen molar-refractivity contribution in [2.45, 2.75) is 26.9 Å². The topological polar surface area (TPSA) is 59.9 Å². The second-order valence-corrected chi connectivity index (χ2v) is 9.56. The van der Waals surface area contributed by atoms with Gasteiger partial charge in [0.05, 0.1) is 21.7 Å². The summed E-state index contributed by atoms with van der Waals surface area (Å²) in [6.45, 7) is 4.70. The smallest absolute Gasteiger partial charge is 0.264 e. The molecule has 0 spiro atoms. The van der Waals surface area contributed by atoms with Crippen molar-refractivity contribution in [3.8, 4) is 11.5 Å². The Morgan fingerprint density at radius 2 is 1.74 bits per heavy atom. The van der Waals surface area contributed by atoms with Gasteiger partial charge in [-0.05, 0) is 100 Å². The minimum Gasteiger partial charge on any atom is -0.490 e. The molecule has 1 N–H and O–H groups in total. The number of thioether (sulfide) groups is 1. The van der Waals surface area contributed by atoms with Crippen molar-refractivity contribution in [3.63, 3.8) is 0 Å². The largest absolute Gasteiger partial charge is 0.490 e. The summed E-state index contributed by atoms with van der Waals surface area (Å²) >= 11 is 4.85. The van der Waals surface area contributed by atoms with Gasteiger partial charge in [0.15, 0.2) is 16.7 Å². The van der Waals surface area contributed by atoms with Gasteiger partial charge in [0.1, 0.15) is 12.4 Å². The molecule has 0 unspecified atom stereocenters. The fraction of sp³-hybridized carbons (Fsp3) is 0.185. The third-order valence-corrected chi connectivity index (χ3v) is 6.65. The van der Waals surface area contributed by atoms with Gasteiger partial charge < -0.3 is 14.8 Å². The number of rotatable bonds is 8. The van der Waals surface area contributed by atoms with Gasteiger partial charge in [0, 0.05) is 0 Å². The summed E-state index contributed by atoms with van der Waals surface area (Å²) in [5.74, 6) is 0.590. The third-order valence-electron chi connectivity index (χ3n) is 5.15. The van der Waals surface area contributed by atoms with Crippen LogP contribution in [0.1, 0.15) is 30.5 Å². The van der Waals surface area contributed by atoms with E-state index in [0.717, 1.165) is 23.2 Å². The minimum atomic E-state index is -0.293. The van der Waals surface area contributed by atoms with Crippen molar-refractivity contribution in [1.29, 1.82) is 0 Å². The average molecular weight is 555 g/mol. The first-order chi connectivity index (χ1) is 16.9. The predicted octanol–water partition coefficient (Wildman–Crippen LogP) is 7.02. The highest BCUT2D eigenvalue weighted by Gasteiger charge is 2.24. The molecule has 0 aliphatic carbocycles. The number of amides is 1. The number of aliphatic imine (C=N–C) groups is 1. The molecule has 1 aliphatic heterocycles. The van der Waals surface area contributed by atoms with Gasteiger partial charge in [-0.2, -0.15) is 0 Å².